The molecule has 1 aromatic carbocycles. The second-order valence-corrected chi connectivity index (χ2v) is 8.41. The van der Waals surface area contributed by atoms with E-state index in [0.717, 1.165) is 24.2 Å². The van der Waals surface area contributed by atoms with E-state index in [9.17, 15) is 9.90 Å². The maximum absolute atomic E-state index is 13.5. The third-order valence-corrected chi connectivity index (χ3v) is 5.02. The number of aryl methyl sites for hydroxylation is 1. The number of ether oxygens (including phenoxy) is 2. The Bertz CT molecular complexity index is 909. The molecule has 1 aromatic heterocycles. The maximum atomic E-state index is 13.5. The molecule has 34 heavy (non-hydrogen) atoms. The summed E-state index contributed by atoms with van der Waals surface area (Å²) in [5.74, 6) is 1.27. The number of carbonyl (C=O) groups excluding carboxylic acids is 1. The fourth-order valence-corrected chi connectivity index (χ4v) is 3.51. The van der Waals surface area contributed by atoms with Gasteiger partial charge in [0, 0.05) is 25.4 Å². The zero-order valence-electron chi connectivity index (χ0n) is 21.0. The van der Waals surface area contributed by atoms with Crippen molar-refractivity contribution in [2.75, 3.05) is 37.0 Å². The summed E-state index contributed by atoms with van der Waals surface area (Å²) in [6.45, 7) is 8.78. The normalized spacial score (nSPS) is 14.2. The van der Waals surface area contributed by atoms with Gasteiger partial charge >= 0.3 is 0 Å². The van der Waals surface area contributed by atoms with Gasteiger partial charge in [-0.2, -0.15) is 4.98 Å². The molecule has 2 atom stereocenters. The van der Waals surface area contributed by atoms with E-state index in [2.05, 4.69) is 29.1 Å². The van der Waals surface area contributed by atoms with Crippen LogP contribution < -0.4 is 20.7 Å². The van der Waals surface area contributed by atoms with Gasteiger partial charge in [-0.25, -0.2) is 4.98 Å². The molecular weight excluding hydrogens is 434 g/mol. The topological polar surface area (TPSA) is 123 Å². The number of aliphatic hydroxyl groups excluding tert-OH is 1. The van der Waals surface area contributed by atoms with Gasteiger partial charge in [0.2, 0.25) is 5.95 Å². The van der Waals surface area contributed by atoms with Crippen LogP contribution in [0.3, 0.4) is 0 Å². The zero-order valence-corrected chi connectivity index (χ0v) is 21.0. The standard InChI is InChI=1S/C22H31N5O4.C3H8/c1-14(2)31-19(12-23)17(28)13-27(20-8-9-25-22(24-3)26-20)21(29)16-6-7-18-15(11-16)5-4-10-30-18;1-3-2/h6-9,11,14,17,19,28H,4-5,10,12-13,23H2,1-3H3,(H,24,25,26);3H2,1-2H3/t17?,19-;/m0./s1. The van der Waals surface area contributed by atoms with Gasteiger partial charge < -0.3 is 25.6 Å². The van der Waals surface area contributed by atoms with Crippen LogP contribution in [-0.4, -0.2) is 66.0 Å². The molecule has 2 aromatic rings. The lowest BCUT2D eigenvalue weighted by Crippen LogP contribution is -2.47. The summed E-state index contributed by atoms with van der Waals surface area (Å²) in [5, 5.41) is 13.7. The Balaban J connectivity index is 0.00000129. The van der Waals surface area contributed by atoms with E-state index >= 15 is 0 Å². The molecule has 0 saturated carbocycles. The van der Waals surface area contributed by atoms with E-state index in [0.29, 0.717) is 23.9 Å². The molecule has 9 nitrogen and oxygen atoms in total. The average molecular weight is 474 g/mol. The van der Waals surface area contributed by atoms with E-state index in [4.69, 9.17) is 15.2 Å². The largest absolute Gasteiger partial charge is 0.493 e. The SMILES string of the molecule is CCC.CNc1nccc(N(CC(O)[C@H](CN)OC(C)C)C(=O)c2ccc3c(c2)CCCO3)n1. The molecule has 188 valence electrons. The van der Waals surface area contributed by atoms with Crippen LogP contribution in [0.4, 0.5) is 11.8 Å². The summed E-state index contributed by atoms with van der Waals surface area (Å²) < 4.78 is 11.4. The summed E-state index contributed by atoms with van der Waals surface area (Å²) in [7, 11) is 1.70. The third-order valence-electron chi connectivity index (χ3n) is 5.02. The molecule has 0 spiro atoms. The van der Waals surface area contributed by atoms with Crippen LogP contribution in [0.2, 0.25) is 0 Å². The summed E-state index contributed by atoms with van der Waals surface area (Å²) in [5.41, 5.74) is 7.30. The Hall–Kier alpha value is -2.75. The minimum Gasteiger partial charge on any atom is -0.493 e. The molecule has 1 unspecified atom stereocenters. The fraction of sp³-hybridized carbons (Fsp3) is 0.560. The summed E-state index contributed by atoms with van der Waals surface area (Å²) in [6.07, 6.45) is 2.86. The van der Waals surface area contributed by atoms with Crippen molar-refractivity contribution in [3.05, 3.63) is 41.6 Å². The lowest BCUT2D eigenvalue weighted by Gasteiger charge is -2.30. The van der Waals surface area contributed by atoms with E-state index in [-0.39, 0.29) is 25.1 Å². The monoisotopic (exact) mass is 473 g/mol. The summed E-state index contributed by atoms with van der Waals surface area (Å²) >= 11 is 0. The number of aliphatic hydroxyl groups is 1. The van der Waals surface area contributed by atoms with E-state index in [1.165, 1.54) is 11.3 Å². The number of aromatic nitrogens is 2. The molecule has 0 fully saturated rings. The molecule has 0 radical (unpaired) electrons. The van der Waals surface area contributed by atoms with Crippen molar-refractivity contribution in [1.29, 1.82) is 0 Å². The quantitative estimate of drug-likeness (QED) is 0.508. The van der Waals surface area contributed by atoms with E-state index in [1.54, 1.807) is 25.4 Å². The van der Waals surface area contributed by atoms with Gasteiger partial charge in [0.05, 0.1) is 31.5 Å². The van der Waals surface area contributed by atoms with Crippen molar-refractivity contribution in [1.82, 2.24) is 9.97 Å². The number of hydrogen-bond acceptors (Lipinski definition) is 8. The van der Waals surface area contributed by atoms with Crippen molar-refractivity contribution >= 4 is 17.7 Å². The number of nitrogens with two attached hydrogens (primary N) is 1. The first kappa shape index (κ1) is 27.5. The fourth-order valence-electron chi connectivity index (χ4n) is 3.51. The Labute approximate surface area is 202 Å². The van der Waals surface area contributed by atoms with Crippen LogP contribution in [0, 0.1) is 0 Å². The minimum atomic E-state index is -0.995. The number of benzene rings is 1. The highest BCUT2D eigenvalue weighted by atomic mass is 16.5. The molecule has 1 aliphatic rings. The van der Waals surface area contributed by atoms with Crippen molar-refractivity contribution in [2.45, 2.75) is 65.3 Å². The number of hydrogen-bond donors (Lipinski definition) is 3. The van der Waals surface area contributed by atoms with E-state index < -0.39 is 12.2 Å². The zero-order chi connectivity index (χ0) is 25.1. The molecular formula is C25H39N5O4. The van der Waals surface area contributed by atoms with Crippen molar-refractivity contribution in [2.24, 2.45) is 5.73 Å². The van der Waals surface area contributed by atoms with Crippen LogP contribution >= 0.6 is 0 Å². The van der Waals surface area contributed by atoms with Crippen LogP contribution in [-0.2, 0) is 11.2 Å². The number of anilines is 2. The molecule has 0 bridgehead atoms. The van der Waals surface area contributed by atoms with Gasteiger partial charge in [-0.15, -0.1) is 0 Å². The minimum absolute atomic E-state index is 0.0266. The smallest absolute Gasteiger partial charge is 0.259 e. The number of rotatable bonds is 9. The highest BCUT2D eigenvalue weighted by Gasteiger charge is 2.28. The van der Waals surface area contributed by atoms with Gasteiger partial charge in [-0.1, -0.05) is 20.3 Å². The Kier molecular flexibility index (Phi) is 11.2. The number of carbonyl (C=O) groups is 1. The molecule has 0 aliphatic carbocycles. The van der Waals surface area contributed by atoms with Gasteiger partial charge in [0.15, 0.2) is 0 Å². The van der Waals surface area contributed by atoms with Crippen molar-refractivity contribution < 1.29 is 19.4 Å². The van der Waals surface area contributed by atoms with E-state index in [1.807, 2.05) is 26.0 Å². The predicted molar refractivity (Wildman–Crippen MR) is 135 cm³/mol. The van der Waals surface area contributed by atoms with Gasteiger partial charge in [0.25, 0.3) is 5.91 Å². The first-order chi connectivity index (χ1) is 16.3. The highest BCUT2D eigenvalue weighted by Crippen LogP contribution is 2.27. The van der Waals surface area contributed by atoms with Crippen LogP contribution in [0.5, 0.6) is 5.75 Å². The number of fused-ring (bicyclic) bond motifs is 1. The van der Waals surface area contributed by atoms with Crippen molar-refractivity contribution in [3.8, 4) is 5.75 Å². The average Bonchev–Trinajstić information content (AvgIpc) is 2.85. The Morgan fingerprint density at radius 1 is 1.32 bits per heavy atom. The Morgan fingerprint density at radius 3 is 2.71 bits per heavy atom. The van der Waals surface area contributed by atoms with Gasteiger partial charge in [-0.05, 0) is 56.5 Å². The molecule has 1 aliphatic heterocycles. The maximum Gasteiger partial charge on any atom is 0.259 e. The number of nitrogens with one attached hydrogen (secondary N) is 1. The third kappa shape index (κ3) is 7.65. The second-order valence-electron chi connectivity index (χ2n) is 8.41. The second kappa shape index (κ2) is 13.8. The molecule has 9 heteroatoms. The molecule has 2 heterocycles. The van der Waals surface area contributed by atoms with Gasteiger partial charge in [0.1, 0.15) is 11.6 Å². The predicted octanol–water partition coefficient (Wildman–Crippen LogP) is 3.02. The highest BCUT2D eigenvalue weighted by molar-refractivity contribution is 6.06. The van der Waals surface area contributed by atoms with Crippen LogP contribution in [0.1, 0.15) is 56.5 Å². The number of nitrogens with zero attached hydrogens (tertiary/aromatic N) is 3. The van der Waals surface area contributed by atoms with Crippen LogP contribution in [0.25, 0.3) is 0 Å². The molecule has 0 saturated heterocycles. The van der Waals surface area contributed by atoms with Crippen LogP contribution in [0.15, 0.2) is 30.5 Å². The Morgan fingerprint density at radius 2 is 2.06 bits per heavy atom. The molecule has 1 amide bonds. The summed E-state index contributed by atoms with van der Waals surface area (Å²) in [6, 6.07) is 7.03. The van der Waals surface area contributed by atoms with Gasteiger partial charge in [-0.3, -0.25) is 9.69 Å². The first-order valence-electron chi connectivity index (χ1n) is 12.0. The first-order valence-corrected chi connectivity index (χ1v) is 12.0. The lowest BCUT2D eigenvalue weighted by atomic mass is 10.0. The molecule has 3 rings (SSSR count). The van der Waals surface area contributed by atoms with Crippen molar-refractivity contribution in [3.63, 3.8) is 0 Å². The molecule has 4 N–H and O–H groups in total. The number of amides is 1. The lowest BCUT2D eigenvalue weighted by molar-refractivity contribution is -0.0559. The summed E-state index contributed by atoms with van der Waals surface area (Å²) in [4.78, 5) is 23.5.